The van der Waals surface area contributed by atoms with Crippen LogP contribution >= 0.6 is 0 Å². The molecule has 1 aromatic rings. The summed E-state index contributed by atoms with van der Waals surface area (Å²) in [6, 6.07) is 2.71. The summed E-state index contributed by atoms with van der Waals surface area (Å²) in [7, 11) is 0. The van der Waals surface area contributed by atoms with Gasteiger partial charge in [0.05, 0.1) is 5.69 Å². The van der Waals surface area contributed by atoms with E-state index in [0.717, 1.165) is 37.7 Å². The van der Waals surface area contributed by atoms with Gasteiger partial charge in [-0.2, -0.15) is 0 Å². The van der Waals surface area contributed by atoms with Crippen LogP contribution in [0.5, 0.6) is 0 Å². The van der Waals surface area contributed by atoms with Crippen LogP contribution in [0.15, 0.2) is 12.3 Å². The van der Waals surface area contributed by atoms with Crippen LogP contribution in [-0.2, 0) is 6.54 Å². The van der Waals surface area contributed by atoms with Gasteiger partial charge >= 0.3 is 0 Å². The van der Waals surface area contributed by atoms with Crippen molar-refractivity contribution in [3.8, 4) is 0 Å². The molecule has 0 aliphatic carbocycles. The summed E-state index contributed by atoms with van der Waals surface area (Å²) in [4.78, 5) is 11.1. The maximum absolute atomic E-state index is 4.46. The number of aromatic nitrogens is 2. The van der Waals surface area contributed by atoms with Crippen LogP contribution in [0.25, 0.3) is 0 Å². The second-order valence-electron chi connectivity index (χ2n) is 4.38. The van der Waals surface area contributed by atoms with Gasteiger partial charge in [0.15, 0.2) is 0 Å². The highest BCUT2D eigenvalue weighted by Gasteiger charge is 2.24. The van der Waals surface area contributed by atoms with Gasteiger partial charge in [0.25, 0.3) is 0 Å². The Kier molecular flexibility index (Phi) is 3.85. The van der Waals surface area contributed by atoms with Gasteiger partial charge in [-0.25, -0.2) is 9.97 Å². The molecule has 0 spiro atoms. The fourth-order valence-electron chi connectivity index (χ4n) is 2.01. The highest BCUT2D eigenvalue weighted by molar-refractivity contribution is 5.02. The van der Waals surface area contributed by atoms with Crippen molar-refractivity contribution in [2.75, 3.05) is 19.6 Å². The molecule has 0 radical (unpaired) electrons. The lowest BCUT2D eigenvalue weighted by Crippen LogP contribution is -2.57. The number of aryl methyl sites for hydroxylation is 1. The standard InChI is InChI=1S/C12H20N4/c1-3-6-16(12-7-13-8-12)9-11-4-5-14-10(2)15-11/h4-5,12-13H,3,6-9H2,1-2H3. The fourth-order valence-corrected chi connectivity index (χ4v) is 2.01. The lowest BCUT2D eigenvalue weighted by molar-refractivity contribution is 0.136. The number of hydrogen-bond acceptors (Lipinski definition) is 4. The molecule has 1 aromatic heterocycles. The van der Waals surface area contributed by atoms with Crippen molar-refractivity contribution in [2.45, 2.75) is 32.9 Å². The molecule has 0 unspecified atom stereocenters. The zero-order valence-corrected chi connectivity index (χ0v) is 10.1. The van der Waals surface area contributed by atoms with Crippen LogP contribution in [0, 0.1) is 6.92 Å². The van der Waals surface area contributed by atoms with E-state index in [1.54, 1.807) is 0 Å². The molecule has 1 fully saturated rings. The third kappa shape index (κ3) is 2.77. The van der Waals surface area contributed by atoms with Gasteiger partial charge in [0.1, 0.15) is 5.82 Å². The molecule has 4 heteroatoms. The van der Waals surface area contributed by atoms with E-state index >= 15 is 0 Å². The second kappa shape index (κ2) is 5.37. The fraction of sp³-hybridized carbons (Fsp3) is 0.667. The maximum atomic E-state index is 4.46. The monoisotopic (exact) mass is 220 g/mol. The quantitative estimate of drug-likeness (QED) is 0.803. The smallest absolute Gasteiger partial charge is 0.125 e. The molecule has 1 aliphatic rings. The zero-order chi connectivity index (χ0) is 11.4. The highest BCUT2D eigenvalue weighted by Crippen LogP contribution is 2.10. The molecular formula is C12H20N4. The van der Waals surface area contributed by atoms with Gasteiger partial charge in [-0.15, -0.1) is 0 Å². The summed E-state index contributed by atoms with van der Waals surface area (Å²) in [5.41, 5.74) is 1.13. The maximum Gasteiger partial charge on any atom is 0.125 e. The van der Waals surface area contributed by atoms with Gasteiger partial charge < -0.3 is 5.32 Å². The summed E-state index contributed by atoms with van der Waals surface area (Å²) in [5, 5.41) is 3.32. The molecule has 4 nitrogen and oxygen atoms in total. The van der Waals surface area contributed by atoms with Crippen LogP contribution in [0.2, 0.25) is 0 Å². The summed E-state index contributed by atoms with van der Waals surface area (Å²) in [5.74, 6) is 0.862. The average molecular weight is 220 g/mol. The lowest BCUT2D eigenvalue weighted by Gasteiger charge is -2.38. The second-order valence-corrected chi connectivity index (χ2v) is 4.38. The first kappa shape index (κ1) is 11.5. The molecule has 0 amide bonds. The van der Waals surface area contributed by atoms with Crippen LogP contribution in [0.4, 0.5) is 0 Å². The highest BCUT2D eigenvalue weighted by atomic mass is 15.2. The summed E-state index contributed by atoms with van der Waals surface area (Å²) < 4.78 is 0. The van der Waals surface area contributed by atoms with Gasteiger partial charge in [-0.3, -0.25) is 4.90 Å². The summed E-state index contributed by atoms with van der Waals surface area (Å²) >= 11 is 0. The minimum Gasteiger partial charge on any atom is -0.314 e. The van der Waals surface area contributed by atoms with E-state index in [0.29, 0.717) is 6.04 Å². The Morgan fingerprint density at radius 2 is 2.31 bits per heavy atom. The van der Waals surface area contributed by atoms with E-state index in [-0.39, 0.29) is 0 Å². The normalized spacial score (nSPS) is 16.4. The van der Waals surface area contributed by atoms with Crippen molar-refractivity contribution < 1.29 is 0 Å². The van der Waals surface area contributed by atoms with Crippen molar-refractivity contribution in [3.63, 3.8) is 0 Å². The SMILES string of the molecule is CCCN(Cc1ccnc(C)n1)C1CNC1. The third-order valence-electron chi connectivity index (χ3n) is 2.99. The van der Waals surface area contributed by atoms with E-state index in [1.165, 1.54) is 6.42 Å². The Hall–Kier alpha value is -1.00. The largest absolute Gasteiger partial charge is 0.314 e. The molecule has 1 N–H and O–H groups in total. The number of hydrogen-bond donors (Lipinski definition) is 1. The van der Waals surface area contributed by atoms with Gasteiger partial charge in [-0.1, -0.05) is 6.92 Å². The Bertz CT molecular complexity index is 336. The molecular weight excluding hydrogens is 200 g/mol. The number of rotatable bonds is 5. The van der Waals surface area contributed by atoms with E-state index in [4.69, 9.17) is 0 Å². The third-order valence-corrected chi connectivity index (χ3v) is 2.99. The molecule has 0 saturated carbocycles. The van der Waals surface area contributed by atoms with Crippen molar-refractivity contribution in [3.05, 3.63) is 23.8 Å². The predicted octanol–water partition coefficient (Wildman–Crippen LogP) is 0.969. The zero-order valence-electron chi connectivity index (χ0n) is 10.1. The molecule has 0 bridgehead atoms. The first-order valence-electron chi connectivity index (χ1n) is 6.03. The molecule has 1 aliphatic heterocycles. The van der Waals surface area contributed by atoms with E-state index in [1.807, 2.05) is 19.2 Å². The van der Waals surface area contributed by atoms with Crippen molar-refractivity contribution in [2.24, 2.45) is 0 Å². The molecule has 0 atom stereocenters. The van der Waals surface area contributed by atoms with E-state index in [2.05, 4.69) is 27.1 Å². The first-order chi connectivity index (χ1) is 7.79. The topological polar surface area (TPSA) is 41.1 Å². The average Bonchev–Trinajstić information content (AvgIpc) is 2.15. The molecule has 2 heterocycles. The Balaban J connectivity index is 1.98. The lowest BCUT2D eigenvalue weighted by atomic mass is 10.1. The van der Waals surface area contributed by atoms with Crippen LogP contribution in [0.3, 0.4) is 0 Å². The molecule has 0 aromatic carbocycles. The van der Waals surface area contributed by atoms with Crippen molar-refractivity contribution >= 4 is 0 Å². The minimum absolute atomic E-state index is 0.690. The van der Waals surface area contributed by atoms with Crippen molar-refractivity contribution in [1.82, 2.24) is 20.2 Å². The Morgan fingerprint density at radius 3 is 2.88 bits per heavy atom. The summed E-state index contributed by atoms with van der Waals surface area (Å²) in [6.07, 6.45) is 3.04. The van der Waals surface area contributed by atoms with Gasteiger partial charge in [-0.05, 0) is 26.0 Å². The summed E-state index contributed by atoms with van der Waals surface area (Å²) in [6.45, 7) is 8.50. The van der Waals surface area contributed by atoms with E-state index < -0.39 is 0 Å². The Labute approximate surface area is 97.1 Å². The van der Waals surface area contributed by atoms with Crippen LogP contribution in [-0.4, -0.2) is 40.5 Å². The van der Waals surface area contributed by atoms with Crippen LogP contribution < -0.4 is 5.32 Å². The van der Waals surface area contributed by atoms with E-state index in [9.17, 15) is 0 Å². The first-order valence-corrected chi connectivity index (χ1v) is 6.03. The van der Waals surface area contributed by atoms with Crippen LogP contribution in [0.1, 0.15) is 24.9 Å². The van der Waals surface area contributed by atoms with Gasteiger partial charge in [0.2, 0.25) is 0 Å². The Morgan fingerprint density at radius 1 is 1.50 bits per heavy atom. The molecule has 2 rings (SSSR count). The molecule has 1 saturated heterocycles. The molecule has 16 heavy (non-hydrogen) atoms. The number of nitrogens with zero attached hydrogens (tertiary/aromatic N) is 3. The van der Waals surface area contributed by atoms with Crippen molar-refractivity contribution in [1.29, 1.82) is 0 Å². The predicted molar refractivity (Wildman–Crippen MR) is 64.1 cm³/mol. The minimum atomic E-state index is 0.690. The molecule has 88 valence electrons. The number of nitrogens with one attached hydrogen (secondary N) is 1. The van der Waals surface area contributed by atoms with Gasteiger partial charge in [0, 0.05) is 31.9 Å².